The maximum atomic E-state index is 12.2. The van der Waals surface area contributed by atoms with E-state index in [-0.39, 0.29) is 5.78 Å². The number of carbonyl (C=O) groups excluding carboxylic acids is 1. The number of hydrogen-bond donors (Lipinski definition) is 1. The minimum Gasteiger partial charge on any atom is -0.330 e. The summed E-state index contributed by atoms with van der Waals surface area (Å²) >= 11 is 1.70. The van der Waals surface area contributed by atoms with E-state index in [1.165, 1.54) is 4.90 Å². The molecule has 2 nitrogen and oxygen atoms in total. The molecular formula is C15H23NOS. The van der Waals surface area contributed by atoms with Crippen molar-refractivity contribution in [2.75, 3.05) is 12.8 Å². The Kier molecular flexibility index (Phi) is 7.06. The Morgan fingerprint density at radius 3 is 2.72 bits per heavy atom. The maximum absolute atomic E-state index is 12.2. The molecule has 0 heterocycles. The number of ketones is 1. The molecule has 0 aliphatic carbocycles. The van der Waals surface area contributed by atoms with Crippen LogP contribution in [0.2, 0.25) is 0 Å². The van der Waals surface area contributed by atoms with Gasteiger partial charge < -0.3 is 5.73 Å². The Morgan fingerprint density at radius 2 is 2.11 bits per heavy atom. The highest BCUT2D eigenvalue weighted by atomic mass is 32.2. The molecule has 1 rings (SSSR count). The molecule has 0 fully saturated rings. The van der Waals surface area contributed by atoms with Gasteiger partial charge in [0, 0.05) is 16.9 Å². The van der Waals surface area contributed by atoms with E-state index in [0.29, 0.717) is 13.0 Å². The van der Waals surface area contributed by atoms with Gasteiger partial charge in [-0.25, -0.2) is 0 Å². The lowest BCUT2D eigenvalue weighted by atomic mass is 9.98. The predicted octanol–water partition coefficient (Wildman–Crippen LogP) is 3.67. The summed E-state index contributed by atoms with van der Waals surface area (Å²) in [6.45, 7) is 2.74. The van der Waals surface area contributed by atoms with Crippen molar-refractivity contribution in [2.24, 2.45) is 5.73 Å². The molecule has 0 spiro atoms. The summed E-state index contributed by atoms with van der Waals surface area (Å²) in [5.41, 5.74) is 7.60. The molecule has 0 amide bonds. The number of benzene rings is 1. The summed E-state index contributed by atoms with van der Waals surface area (Å²) in [5, 5.41) is 0. The normalized spacial score (nSPS) is 10.6. The first kappa shape index (κ1) is 15.3. The summed E-state index contributed by atoms with van der Waals surface area (Å²) in [5.74, 6) is 0.263. The number of Topliss-reactive ketones (excluding diaryl/α,β-unsaturated/α-hetero) is 1. The Bertz CT molecular complexity index is 390. The number of carbonyl (C=O) groups is 1. The van der Waals surface area contributed by atoms with Crippen molar-refractivity contribution in [3.05, 3.63) is 29.3 Å². The highest BCUT2D eigenvalue weighted by Gasteiger charge is 2.11. The van der Waals surface area contributed by atoms with Crippen LogP contribution < -0.4 is 5.73 Å². The van der Waals surface area contributed by atoms with Crippen molar-refractivity contribution in [2.45, 2.75) is 43.9 Å². The molecule has 0 aromatic heterocycles. The van der Waals surface area contributed by atoms with E-state index in [1.807, 2.05) is 18.4 Å². The zero-order valence-corrected chi connectivity index (χ0v) is 12.2. The van der Waals surface area contributed by atoms with Gasteiger partial charge in [-0.15, -0.1) is 11.8 Å². The zero-order chi connectivity index (χ0) is 13.4. The first-order chi connectivity index (χ1) is 8.72. The quantitative estimate of drug-likeness (QED) is 0.443. The molecule has 0 saturated heterocycles. The van der Waals surface area contributed by atoms with E-state index in [0.717, 1.165) is 36.8 Å². The van der Waals surface area contributed by atoms with Crippen molar-refractivity contribution in [3.63, 3.8) is 0 Å². The molecule has 0 bridgehead atoms. The van der Waals surface area contributed by atoms with Gasteiger partial charge in [0.2, 0.25) is 0 Å². The van der Waals surface area contributed by atoms with Gasteiger partial charge >= 0.3 is 0 Å². The Morgan fingerprint density at radius 1 is 1.33 bits per heavy atom. The second kappa shape index (κ2) is 8.33. The third kappa shape index (κ3) is 4.46. The third-order valence-electron chi connectivity index (χ3n) is 3.03. The number of nitrogens with two attached hydrogens (primary N) is 1. The van der Waals surface area contributed by atoms with Gasteiger partial charge in [0.15, 0.2) is 5.78 Å². The van der Waals surface area contributed by atoms with Gasteiger partial charge in [-0.1, -0.05) is 25.8 Å². The average molecular weight is 265 g/mol. The highest BCUT2D eigenvalue weighted by Crippen LogP contribution is 2.21. The van der Waals surface area contributed by atoms with Gasteiger partial charge in [-0.3, -0.25) is 4.79 Å². The topological polar surface area (TPSA) is 43.1 Å². The third-order valence-corrected chi connectivity index (χ3v) is 3.76. The van der Waals surface area contributed by atoms with Crippen LogP contribution >= 0.6 is 11.8 Å². The van der Waals surface area contributed by atoms with Crippen LogP contribution in [0.15, 0.2) is 23.1 Å². The summed E-state index contributed by atoms with van der Waals surface area (Å²) in [4.78, 5) is 13.4. The molecule has 100 valence electrons. The molecule has 0 aliphatic heterocycles. The van der Waals surface area contributed by atoms with Crippen molar-refractivity contribution < 1.29 is 4.79 Å². The lowest BCUT2D eigenvalue weighted by molar-refractivity contribution is 0.0978. The second-order valence-corrected chi connectivity index (χ2v) is 5.32. The average Bonchev–Trinajstić information content (AvgIpc) is 2.39. The van der Waals surface area contributed by atoms with E-state index in [1.54, 1.807) is 11.8 Å². The summed E-state index contributed by atoms with van der Waals surface area (Å²) in [6, 6.07) is 6.09. The van der Waals surface area contributed by atoms with Crippen LogP contribution in [0.3, 0.4) is 0 Å². The van der Waals surface area contributed by atoms with E-state index >= 15 is 0 Å². The standard InChI is InChI=1S/C15H23NOS/c1-3-4-5-6-15(17)14-8-7-13(18-2)11-12(14)9-10-16/h7-8,11H,3-6,9-10,16H2,1-2H3. The molecule has 2 N–H and O–H groups in total. The largest absolute Gasteiger partial charge is 0.330 e. The lowest BCUT2D eigenvalue weighted by Gasteiger charge is -2.09. The Hall–Kier alpha value is -0.800. The van der Waals surface area contributed by atoms with E-state index < -0.39 is 0 Å². The van der Waals surface area contributed by atoms with Crippen LogP contribution in [-0.4, -0.2) is 18.6 Å². The predicted molar refractivity (Wildman–Crippen MR) is 79.5 cm³/mol. The molecule has 1 aromatic carbocycles. The van der Waals surface area contributed by atoms with E-state index in [9.17, 15) is 4.79 Å². The molecule has 0 radical (unpaired) electrons. The molecule has 0 saturated carbocycles. The highest BCUT2D eigenvalue weighted by molar-refractivity contribution is 7.98. The lowest BCUT2D eigenvalue weighted by Crippen LogP contribution is -2.09. The van der Waals surface area contributed by atoms with Gasteiger partial charge in [0.25, 0.3) is 0 Å². The summed E-state index contributed by atoms with van der Waals surface area (Å²) < 4.78 is 0. The van der Waals surface area contributed by atoms with Gasteiger partial charge in [-0.05, 0) is 43.3 Å². The van der Waals surface area contributed by atoms with Crippen molar-refractivity contribution >= 4 is 17.5 Å². The Labute approximate surface area is 114 Å². The number of unbranched alkanes of at least 4 members (excludes halogenated alkanes) is 2. The molecule has 0 unspecified atom stereocenters. The van der Waals surface area contributed by atoms with Gasteiger partial charge in [-0.2, -0.15) is 0 Å². The van der Waals surface area contributed by atoms with Crippen molar-refractivity contribution in [3.8, 4) is 0 Å². The van der Waals surface area contributed by atoms with Gasteiger partial charge in [0.1, 0.15) is 0 Å². The fourth-order valence-corrected chi connectivity index (χ4v) is 2.47. The monoisotopic (exact) mass is 265 g/mol. The van der Waals surface area contributed by atoms with Crippen LogP contribution in [-0.2, 0) is 6.42 Å². The summed E-state index contributed by atoms with van der Waals surface area (Å²) in [6.07, 6.45) is 6.74. The van der Waals surface area contributed by atoms with Crippen LogP contribution in [0.25, 0.3) is 0 Å². The van der Waals surface area contributed by atoms with E-state index in [4.69, 9.17) is 5.73 Å². The van der Waals surface area contributed by atoms with Crippen LogP contribution in [0.4, 0.5) is 0 Å². The first-order valence-electron chi connectivity index (χ1n) is 6.63. The Balaban J connectivity index is 2.82. The molecule has 1 aromatic rings. The zero-order valence-electron chi connectivity index (χ0n) is 11.4. The first-order valence-corrected chi connectivity index (χ1v) is 7.85. The van der Waals surface area contributed by atoms with Gasteiger partial charge in [0.05, 0.1) is 0 Å². The fourth-order valence-electron chi connectivity index (χ4n) is 2.00. The SMILES string of the molecule is CCCCCC(=O)c1ccc(SC)cc1CCN. The number of rotatable bonds is 8. The smallest absolute Gasteiger partial charge is 0.163 e. The minimum absolute atomic E-state index is 0.263. The van der Waals surface area contributed by atoms with Crippen molar-refractivity contribution in [1.82, 2.24) is 0 Å². The number of hydrogen-bond acceptors (Lipinski definition) is 3. The second-order valence-electron chi connectivity index (χ2n) is 4.44. The fraction of sp³-hybridized carbons (Fsp3) is 0.533. The van der Waals surface area contributed by atoms with Crippen molar-refractivity contribution in [1.29, 1.82) is 0 Å². The summed E-state index contributed by atoms with van der Waals surface area (Å²) in [7, 11) is 0. The molecule has 3 heteroatoms. The van der Waals surface area contributed by atoms with Crippen LogP contribution in [0.5, 0.6) is 0 Å². The van der Waals surface area contributed by atoms with E-state index in [2.05, 4.69) is 13.0 Å². The molecule has 18 heavy (non-hydrogen) atoms. The maximum Gasteiger partial charge on any atom is 0.163 e. The van der Waals surface area contributed by atoms with Crippen LogP contribution in [0, 0.1) is 0 Å². The molecular weight excluding hydrogens is 242 g/mol. The number of thioether (sulfide) groups is 1. The molecule has 0 atom stereocenters. The molecule has 0 aliphatic rings. The minimum atomic E-state index is 0.263. The van der Waals surface area contributed by atoms with Crippen LogP contribution in [0.1, 0.15) is 48.5 Å².